The predicted octanol–water partition coefficient (Wildman–Crippen LogP) is 1.45. The molecule has 0 bridgehead atoms. The Balaban J connectivity index is 2.19. The van der Waals surface area contributed by atoms with Crippen molar-refractivity contribution in [1.82, 2.24) is 19.7 Å². The molecule has 0 unspecified atom stereocenters. The van der Waals surface area contributed by atoms with Crippen molar-refractivity contribution >= 4 is 5.97 Å². The Bertz CT molecular complexity index is 667. The van der Waals surface area contributed by atoms with Crippen LogP contribution < -0.4 is 4.74 Å². The molecule has 10 heteroatoms. The molecule has 0 fully saturated rings. The minimum Gasteiger partial charge on any atom is -0.466 e. The van der Waals surface area contributed by atoms with Gasteiger partial charge in [0.1, 0.15) is 5.69 Å². The molecule has 2 aromatic heterocycles. The van der Waals surface area contributed by atoms with Crippen molar-refractivity contribution in [2.45, 2.75) is 6.18 Å². The van der Waals surface area contributed by atoms with Gasteiger partial charge in [-0.1, -0.05) is 0 Å². The fourth-order valence-electron chi connectivity index (χ4n) is 1.52. The number of aryl methyl sites for hydroxylation is 1. The molecule has 0 saturated carbocycles. The second kappa shape index (κ2) is 6.00. The molecular formula is C12H11F3N4O3. The molecule has 7 nitrogen and oxygen atoms in total. The van der Waals surface area contributed by atoms with Gasteiger partial charge in [0.15, 0.2) is 12.4 Å². The van der Waals surface area contributed by atoms with Crippen molar-refractivity contribution < 1.29 is 27.4 Å². The molecule has 0 atom stereocenters. The first-order valence-electron chi connectivity index (χ1n) is 5.95. The third kappa shape index (κ3) is 3.51. The minimum absolute atomic E-state index is 0.107. The molecular weight excluding hydrogens is 305 g/mol. The second-order valence-electron chi connectivity index (χ2n) is 4.14. The van der Waals surface area contributed by atoms with Crippen LogP contribution in [0, 0.1) is 0 Å². The average molecular weight is 316 g/mol. The van der Waals surface area contributed by atoms with Gasteiger partial charge in [0, 0.05) is 13.2 Å². The highest BCUT2D eigenvalue weighted by atomic mass is 19.4. The highest BCUT2D eigenvalue weighted by Gasteiger charge is 2.30. The third-order valence-electron chi connectivity index (χ3n) is 2.61. The van der Waals surface area contributed by atoms with Crippen molar-refractivity contribution in [3.8, 4) is 17.5 Å². The first-order valence-corrected chi connectivity index (χ1v) is 5.95. The number of rotatable bonds is 4. The van der Waals surface area contributed by atoms with Crippen molar-refractivity contribution in [3.63, 3.8) is 0 Å². The molecule has 0 radical (unpaired) electrons. The van der Waals surface area contributed by atoms with Crippen LogP contribution >= 0.6 is 0 Å². The van der Waals surface area contributed by atoms with Gasteiger partial charge in [-0.25, -0.2) is 9.48 Å². The molecule has 0 aromatic carbocycles. The Morgan fingerprint density at radius 3 is 2.64 bits per heavy atom. The zero-order valence-corrected chi connectivity index (χ0v) is 11.6. The number of ether oxygens (including phenoxy) is 2. The maximum atomic E-state index is 12.5. The molecule has 2 heterocycles. The van der Waals surface area contributed by atoms with Gasteiger partial charge in [0.2, 0.25) is 0 Å². The van der Waals surface area contributed by atoms with E-state index in [0.717, 1.165) is 6.07 Å². The Morgan fingerprint density at radius 1 is 1.36 bits per heavy atom. The lowest BCUT2D eigenvalue weighted by molar-refractivity contribution is -0.143. The molecule has 0 aliphatic rings. The number of nitrogens with zero attached hydrogens (tertiary/aromatic N) is 4. The van der Waals surface area contributed by atoms with Crippen molar-refractivity contribution in [1.29, 1.82) is 0 Å². The van der Waals surface area contributed by atoms with Gasteiger partial charge in [0.25, 0.3) is 0 Å². The standard InChI is InChI=1S/C12H11F3N4O3/c1-19-10(17-11(18-19)22-6-9(20)21-2)8-4-3-7(5-16-8)12(13,14)15/h3-5H,6H2,1-2H3. The smallest absolute Gasteiger partial charge is 0.417 e. The quantitative estimate of drug-likeness (QED) is 0.794. The van der Waals surface area contributed by atoms with Gasteiger partial charge < -0.3 is 9.47 Å². The highest BCUT2D eigenvalue weighted by Crippen LogP contribution is 2.29. The third-order valence-corrected chi connectivity index (χ3v) is 2.61. The predicted molar refractivity (Wildman–Crippen MR) is 66.7 cm³/mol. The van der Waals surface area contributed by atoms with E-state index in [0.29, 0.717) is 6.20 Å². The summed E-state index contributed by atoms with van der Waals surface area (Å²) in [5, 5.41) is 3.88. The van der Waals surface area contributed by atoms with Gasteiger partial charge in [-0.15, -0.1) is 5.10 Å². The molecule has 0 amide bonds. The zero-order chi connectivity index (χ0) is 16.3. The first kappa shape index (κ1) is 15.7. The number of methoxy groups -OCH3 is 1. The molecule has 2 rings (SSSR count). The van der Waals surface area contributed by atoms with Gasteiger partial charge >= 0.3 is 18.2 Å². The Hall–Kier alpha value is -2.65. The lowest BCUT2D eigenvalue weighted by Crippen LogP contribution is -2.13. The van der Waals surface area contributed by atoms with Crippen molar-refractivity contribution in [2.24, 2.45) is 7.05 Å². The Morgan fingerprint density at radius 2 is 2.09 bits per heavy atom. The summed E-state index contributed by atoms with van der Waals surface area (Å²) in [5.41, 5.74) is -0.670. The van der Waals surface area contributed by atoms with Gasteiger partial charge in [-0.3, -0.25) is 4.98 Å². The number of aromatic nitrogens is 4. The van der Waals surface area contributed by atoms with Gasteiger partial charge in [0.05, 0.1) is 12.7 Å². The number of hydrogen-bond donors (Lipinski definition) is 0. The average Bonchev–Trinajstić information content (AvgIpc) is 2.85. The fraction of sp³-hybridized carbons (Fsp3) is 0.333. The number of esters is 1. The summed E-state index contributed by atoms with van der Waals surface area (Å²) in [6.45, 7) is -0.375. The van der Waals surface area contributed by atoms with Crippen LogP contribution in [0.1, 0.15) is 5.56 Å². The number of alkyl halides is 3. The number of carbonyl (C=O) groups excluding carboxylic acids is 1. The van der Waals surface area contributed by atoms with E-state index in [4.69, 9.17) is 4.74 Å². The van der Waals surface area contributed by atoms with E-state index in [9.17, 15) is 18.0 Å². The first-order chi connectivity index (χ1) is 10.3. The number of halogens is 3. The van der Waals surface area contributed by atoms with E-state index in [-0.39, 0.29) is 24.1 Å². The molecule has 0 aliphatic heterocycles. The van der Waals surface area contributed by atoms with E-state index in [1.807, 2.05) is 0 Å². The van der Waals surface area contributed by atoms with E-state index in [1.165, 1.54) is 24.9 Å². The van der Waals surface area contributed by atoms with Crippen LogP contribution in [0.4, 0.5) is 13.2 Å². The largest absolute Gasteiger partial charge is 0.466 e. The minimum atomic E-state index is -4.46. The van der Waals surface area contributed by atoms with Crippen molar-refractivity contribution in [2.75, 3.05) is 13.7 Å². The lowest BCUT2D eigenvalue weighted by Gasteiger charge is -2.06. The van der Waals surface area contributed by atoms with Crippen LogP contribution in [0.5, 0.6) is 6.01 Å². The van der Waals surface area contributed by atoms with Crippen LogP contribution in [0.2, 0.25) is 0 Å². The van der Waals surface area contributed by atoms with Gasteiger partial charge in [-0.2, -0.15) is 18.2 Å². The summed E-state index contributed by atoms with van der Waals surface area (Å²) in [6, 6.07) is 1.97. The van der Waals surface area contributed by atoms with Crippen molar-refractivity contribution in [3.05, 3.63) is 23.9 Å². The number of hydrogen-bond acceptors (Lipinski definition) is 6. The van der Waals surface area contributed by atoms with Gasteiger partial charge in [-0.05, 0) is 12.1 Å². The lowest BCUT2D eigenvalue weighted by atomic mass is 10.2. The maximum absolute atomic E-state index is 12.5. The monoisotopic (exact) mass is 316 g/mol. The SMILES string of the molecule is COC(=O)COc1nc(-c2ccc(C(F)(F)F)cn2)n(C)n1. The summed E-state index contributed by atoms with van der Waals surface area (Å²) < 4.78 is 48.1. The summed E-state index contributed by atoms with van der Waals surface area (Å²) in [4.78, 5) is 18.6. The molecule has 0 aliphatic carbocycles. The van der Waals surface area contributed by atoms with E-state index in [2.05, 4.69) is 19.8 Å². The fourth-order valence-corrected chi connectivity index (χ4v) is 1.52. The zero-order valence-electron chi connectivity index (χ0n) is 11.6. The second-order valence-corrected chi connectivity index (χ2v) is 4.14. The molecule has 0 N–H and O–H groups in total. The molecule has 0 spiro atoms. The van der Waals surface area contributed by atoms with Crippen LogP contribution in [-0.4, -0.2) is 39.4 Å². The van der Waals surface area contributed by atoms with Crippen LogP contribution in [0.15, 0.2) is 18.3 Å². The summed E-state index contributed by atoms with van der Waals surface area (Å²) in [7, 11) is 2.72. The molecule has 0 saturated heterocycles. The van der Waals surface area contributed by atoms with Crippen LogP contribution in [-0.2, 0) is 22.8 Å². The molecule has 2 aromatic rings. The topological polar surface area (TPSA) is 79.1 Å². The Labute approximate surface area is 122 Å². The van der Waals surface area contributed by atoms with E-state index >= 15 is 0 Å². The van der Waals surface area contributed by atoms with Crippen LogP contribution in [0.25, 0.3) is 11.5 Å². The van der Waals surface area contributed by atoms with E-state index < -0.39 is 17.7 Å². The number of carbonyl (C=O) groups is 1. The summed E-state index contributed by atoms with van der Waals surface area (Å²) in [5.74, 6) is -0.407. The maximum Gasteiger partial charge on any atom is 0.417 e. The highest BCUT2D eigenvalue weighted by molar-refractivity contribution is 5.70. The number of pyridine rings is 1. The van der Waals surface area contributed by atoms with E-state index in [1.54, 1.807) is 0 Å². The van der Waals surface area contributed by atoms with Crippen LogP contribution in [0.3, 0.4) is 0 Å². The normalized spacial score (nSPS) is 11.3. The summed E-state index contributed by atoms with van der Waals surface area (Å²) in [6.07, 6.45) is -3.75. The molecule has 118 valence electrons. The molecule has 22 heavy (non-hydrogen) atoms. The summed E-state index contributed by atoms with van der Waals surface area (Å²) >= 11 is 0. The Kier molecular flexibility index (Phi) is 4.29.